The Morgan fingerprint density at radius 2 is 2.33 bits per heavy atom. The molecule has 0 N–H and O–H groups in total. The molecule has 1 nitrogen and oxygen atoms in total. The van der Waals surface area contributed by atoms with Gasteiger partial charge in [-0.3, -0.25) is 4.79 Å². The van der Waals surface area contributed by atoms with Gasteiger partial charge < -0.3 is 0 Å². The van der Waals surface area contributed by atoms with Crippen molar-refractivity contribution in [1.82, 2.24) is 0 Å². The minimum Gasteiger partial charge on any atom is -0.295 e. The van der Waals surface area contributed by atoms with Crippen molar-refractivity contribution in [1.29, 1.82) is 0 Å². The standard InChI is InChI=1S/C14H20O/c1-4-12-6-5-7-13-8-11(10(2)15)9-14(12,13)3/h5,7,9,12-13H,4,6,8H2,1-3H3. The quantitative estimate of drug-likeness (QED) is 0.629. The summed E-state index contributed by atoms with van der Waals surface area (Å²) < 4.78 is 0. The number of fused-ring (bicyclic) bond motifs is 1. The van der Waals surface area contributed by atoms with Gasteiger partial charge in [-0.1, -0.05) is 38.5 Å². The van der Waals surface area contributed by atoms with Crippen LogP contribution >= 0.6 is 0 Å². The van der Waals surface area contributed by atoms with Crippen molar-refractivity contribution in [2.45, 2.75) is 40.0 Å². The Morgan fingerprint density at radius 3 is 2.93 bits per heavy atom. The Hall–Kier alpha value is -0.850. The van der Waals surface area contributed by atoms with Crippen LogP contribution in [0.5, 0.6) is 0 Å². The van der Waals surface area contributed by atoms with Crippen LogP contribution in [0.1, 0.15) is 40.0 Å². The van der Waals surface area contributed by atoms with Crippen molar-refractivity contribution >= 4 is 5.78 Å². The highest BCUT2D eigenvalue weighted by atomic mass is 16.1. The first-order valence-corrected chi connectivity index (χ1v) is 5.97. The van der Waals surface area contributed by atoms with Gasteiger partial charge in [-0.2, -0.15) is 0 Å². The molecule has 2 aliphatic rings. The van der Waals surface area contributed by atoms with Gasteiger partial charge in [-0.25, -0.2) is 0 Å². The molecule has 0 aromatic rings. The van der Waals surface area contributed by atoms with Crippen molar-refractivity contribution in [2.24, 2.45) is 17.3 Å². The smallest absolute Gasteiger partial charge is 0.155 e. The molecule has 1 heteroatoms. The van der Waals surface area contributed by atoms with Gasteiger partial charge in [-0.05, 0) is 42.6 Å². The molecule has 3 atom stereocenters. The molecule has 0 aromatic carbocycles. The summed E-state index contributed by atoms with van der Waals surface area (Å²) in [6, 6.07) is 0. The first-order valence-electron chi connectivity index (χ1n) is 5.97. The molecule has 0 aliphatic heterocycles. The molecule has 82 valence electrons. The number of hydrogen-bond acceptors (Lipinski definition) is 1. The fraction of sp³-hybridized carbons (Fsp3) is 0.643. The van der Waals surface area contributed by atoms with Crippen molar-refractivity contribution in [3.8, 4) is 0 Å². The normalized spacial score (nSPS) is 38.7. The van der Waals surface area contributed by atoms with E-state index < -0.39 is 0 Å². The van der Waals surface area contributed by atoms with Gasteiger partial charge in [0, 0.05) is 0 Å². The van der Waals surface area contributed by atoms with Gasteiger partial charge in [0.1, 0.15) is 0 Å². The summed E-state index contributed by atoms with van der Waals surface area (Å²) >= 11 is 0. The second-order valence-corrected chi connectivity index (χ2v) is 5.17. The molecule has 0 fully saturated rings. The van der Waals surface area contributed by atoms with Gasteiger partial charge >= 0.3 is 0 Å². The van der Waals surface area contributed by atoms with Crippen molar-refractivity contribution in [3.63, 3.8) is 0 Å². The summed E-state index contributed by atoms with van der Waals surface area (Å²) in [7, 11) is 0. The van der Waals surface area contributed by atoms with E-state index in [0.29, 0.717) is 11.8 Å². The minimum absolute atomic E-state index is 0.241. The number of carbonyl (C=O) groups excluding carboxylic acids is 1. The molecular formula is C14H20O. The fourth-order valence-corrected chi connectivity index (χ4v) is 3.21. The zero-order valence-corrected chi connectivity index (χ0v) is 9.92. The van der Waals surface area contributed by atoms with Crippen LogP contribution in [0.4, 0.5) is 0 Å². The van der Waals surface area contributed by atoms with Crippen LogP contribution in [-0.4, -0.2) is 5.78 Å². The molecule has 0 spiro atoms. The average molecular weight is 204 g/mol. The lowest BCUT2D eigenvalue weighted by molar-refractivity contribution is -0.113. The summed E-state index contributed by atoms with van der Waals surface area (Å²) in [5.41, 5.74) is 1.29. The summed E-state index contributed by atoms with van der Waals surface area (Å²) in [5, 5.41) is 0. The van der Waals surface area contributed by atoms with E-state index in [1.165, 1.54) is 12.8 Å². The van der Waals surface area contributed by atoms with E-state index in [1.807, 2.05) is 0 Å². The predicted molar refractivity (Wildman–Crippen MR) is 62.5 cm³/mol. The topological polar surface area (TPSA) is 17.1 Å². The molecule has 0 saturated heterocycles. The van der Waals surface area contributed by atoms with Gasteiger partial charge in [0.05, 0.1) is 0 Å². The molecule has 0 saturated carbocycles. The monoisotopic (exact) mass is 204 g/mol. The minimum atomic E-state index is 0.241. The Labute approximate surface area is 92.3 Å². The highest BCUT2D eigenvalue weighted by Gasteiger charge is 2.43. The Balaban J connectivity index is 2.34. The maximum Gasteiger partial charge on any atom is 0.155 e. The number of hydrogen-bond donors (Lipinski definition) is 0. The zero-order valence-electron chi connectivity index (χ0n) is 9.92. The summed E-state index contributed by atoms with van der Waals surface area (Å²) in [4.78, 5) is 11.4. The number of rotatable bonds is 2. The van der Waals surface area contributed by atoms with E-state index in [1.54, 1.807) is 6.92 Å². The first kappa shape index (κ1) is 10.7. The van der Waals surface area contributed by atoms with E-state index in [2.05, 4.69) is 32.1 Å². The van der Waals surface area contributed by atoms with Crippen LogP contribution in [0.2, 0.25) is 0 Å². The maximum absolute atomic E-state index is 11.4. The molecule has 2 rings (SSSR count). The van der Waals surface area contributed by atoms with Gasteiger partial charge in [0.2, 0.25) is 0 Å². The Bertz CT molecular complexity index is 337. The first-order chi connectivity index (χ1) is 7.08. The number of allylic oxidation sites excluding steroid dienone is 4. The molecule has 0 amide bonds. The second-order valence-electron chi connectivity index (χ2n) is 5.17. The van der Waals surface area contributed by atoms with E-state index >= 15 is 0 Å². The fourth-order valence-electron chi connectivity index (χ4n) is 3.21. The highest BCUT2D eigenvalue weighted by molar-refractivity contribution is 5.94. The van der Waals surface area contributed by atoms with Crippen LogP contribution in [0.15, 0.2) is 23.8 Å². The van der Waals surface area contributed by atoms with Gasteiger partial charge in [0.25, 0.3) is 0 Å². The number of Topliss-reactive ketones (excluding diaryl/α,β-unsaturated/α-hetero) is 1. The van der Waals surface area contributed by atoms with Crippen LogP contribution in [0, 0.1) is 17.3 Å². The van der Waals surface area contributed by atoms with E-state index in [4.69, 9.17) is 0 Å². The highest BCUT2D eigenvalue weighted by Crippen LogP contribution is 2.52. The van der Waals surface area contributed by atoms with Gasteiger partial charge in [-0.15, -0.1) is 0 Å². The summed E-state index contributed by atoms with van der Waals surface area (Å²) in [5.74, 6) is 1.54. The Kier molecular flexibility index (Phi) is 2.57. The number of carbonyl (C=O) groups is 1. The molecule has 0 aromatic heterocycles. The third kappa shape index (κ3) is 1.58. The summed E-state index contributed by atoms with van der Waals surface area (Å²) in [6.07, 6.45) is 10.2. The molecule has 0 heterocycles. The van der Waals surface area contributed by atoms with Crippen LogP contribution in [-0.2, 0) is 4.79 Å². The van der Waals surface area contributed by atoms with E-state index in [9.17, 15) is 4.79 Å². The van der Waals surface area contributed by atoms with Crippen LogP contribution in [0.25, 0.3) is 0 Å². The largest absolute Gasteiger partial charge is 0.295 e. The lowest BCUT2D eigenvalue weighted by Gasteiger charge is -2.39. The predicted octanol–water partition coefficient (Wildman–Crippen LogP) is 3.51. The Morgan fingerprint density at radius 1 is 1.60 bits per heavy atom. The van der Waals surface area contributed by atoms with Crippen molar-refractivity contribution in [3.05, 3.63) is 23.8 Å². The third-order valence-corrected chi connectivity index (χ3v) is 4.34. The zero-order chi connectivity index (χ0) is 11.1. The summed E-state index contributed by atoms with van der Waals surface area (Å²) in [6.45, 7) is 6.27. The molecule has 3 unspecified atom stereocenters. The van der Waals surface area contributed by atoms with Crippen molar-refractivity contribution < 1.29 is 4.79 Å². The molecule has 0 bridgehead atoms. The SMILES string of the molecule is CCC1CC=CC2CC(C(C)=O)=CC21C. The van der Waals surface area contributed by atoms with Gasteiger partial charge in [0.15, 0.2) is 5.78 Å². The molecular weight excluding hydrogens is 184 g/mol. The lowest BCUT2D eigenvalue weighted by atomic mass is 9.65. The van der Waals surface area contributed by atoms with Crippen LogP contribution in [0.3, 0.4) is 0 Å². The van der Waals surface area contributed by atoms with E-state index in [0.717, 1.165) is 12.0 Å². The second kappa shape index (κ2) is 3.62. The molecule has 2 aliphatic carbocycles. The average Bonchev–Trinajstić information content (AvgIpc) is 2.54. The maximum atomic E-state index is 11.4. The molecule has 0 radical (unpaired) electrons. The van der Waals surface area contributed by atoms with Crippen LogP contribution < -0.4 is 0 Å². The van der Waals surface area contributed by atoms with Crippen molar-refractivity contribution in [2.75, 3.05) is 0 Å². The third-order valence-electron chi connectivity index (χ3n) is 4.34. The lowest BCUT2D eigenvalue weighted by Crippen LogP contribution is -2.31. The molecule has 15 heavy (non-hydrogen) atoms. The number of ketones is 1. The van der Waals surface area contributed by atoms with E-state index in [-0.39, 0.29) is 11.2 Å².